The molecule has 0 aliphatic rings. The number of benzene rings is 3. The molecule has 0 aliphatic carbocycles. The Hall–Kier alpha value is -1.67. The molecule has 0 saturated heterocycles. The van der Waals surface area contributed by atoms with Gasteiger partial charge in [0.05, 0.1) is 15.1 Å². The van der Waals surface area contributed by atoms with Gasteiger partial charge in [-0.1, -0.05) is 82.8 Å². The molecular weight excluding hydrogens is 482 g/mol. The summed E-state index contributed by atoms with van der Waals surface area (Å²) < 4.78 is 33.9. The van der Waals surface area contributed by atoms with Crippen LogP contribution in [0.15, 0.2) is 54.6 Å². The highest BCUT2D eigenvalue weighted by molar-refractivity contribution is 7.87. The molecule has 0 saturated carbocycles. The van der Waals surface area contributed by atoms with Crippen LogP contribution < -0.4 is 0 Å². The topological polar surface area (TPSA) is 94.8 Å². The fraction of sp³-hybridized carbons (Fsp3) is 0.0526. The summed E-state index contributed by atoms with van der Waals surface area (Å²) in [7, 11) is -5.09. The molecule has 3 aromatic rings. The van der Waals surface area contributed by atoms with Crippen molar-refractivity contribution < 1.29 is 23.2 Å². The van der Waals surface area contributed by atoms with Gasteiger partial charge in [0.2, 0.25) is 0 Å². The van der Waals surface area contributed by atoms with E-state index in [4.69, 9.17) is 46.4 Å². The van der Waals surface area contributed by atoms with Gasteiger partial charge in [0, 0.05) is 16.1 Å². The second kappa shape index (κ2) is 7.87. The summed E-state index contributed by atoms with van der Waals surface area (Å²) >= 11 is 24.3. The van der Waals surface area contributed by atoms with E-state index in [1.807, 2.05) is 0 Å². The number of halogens is 4. The van der Waals surface area contributed by atoms with E-state index < -0.39 is 26.4 Å². The first kappa shape index (κ1) is 22.0. The first-order valence-corrected chi connectivity index (χ1v) is 10.9. The molecule has 152 valence electrons. The van der Waals surface area contributed by atoms with Crippen molar-refractivity contribution in [1.29, 1.82) is 0 Å². The summed E-state index contributed by atoms with van der Waals surface area (Å²) in [5.41, 5.74) is -0.535. The van der Waals surface area contributed by atoms with Crippen LogP contribution >= 0.6 is 46.4 Å². The molecule has 0 heterocycles. The van der Waals surface area contributed by atoms with Gasteiger partial charge < -0.3 is 10.2 Å². The molecule has 1 unspecified atom stereocenters. The number of rotatable bonds is 4. The van der Waals surface area contributed by atoms with E-state index in [2.05, 4.69) is 0 Å². The standard InChI is InChI=1S/C19H12Cl4O5S/c20-13-7-6-11(17(24)18(13)25)19(29(26,27)28,10-4-2-1-3-5-10)12-8-15(22)16(23)9-14(12)21/h1-9,24-25H,(H,26,27,28). The fourth-order valence-corrected chi connectivity index (χ4v) is 5.41. The normalized spacial score (nSPS) is 13.8. The van der Waals surface area contributed by atoms with E-state index in [0.717, 1.165) is 6.07 Å². The predicted octanol–water partition coefficient (Wildman–Crippen LogP) is 5.89. The first-order chi connectivity index (χ1) is 13.5. The van der Waals surface area contributed by atoms with Gasteiger partial charge in [0.1, 0.15) is 0 Å². The van der Waals surface area contributed by atoms with E-state index in [0.29, 0.717) is 0 Å². The maximum absolute atomic E-state index is 12.9. The molecular formula is C19H12Cl4O5S. The minimum atomic E-state index is -5.09. The zero-order valence-corrected chi connectivity index (χ0v) is 18.1. The third-order valence-corrected chi connectivity index (χ3v) is 7.23. The Morgan fingerprint density at radius 2 is 1.28 bits per heavy atom. The van der Waals surface area contributed by atoms with Crippen LogP contribution in [0.3, 0.4) is 0 Å². The summed E-state index contributed by atoms with van der Waals surface area (Å²) in [5.74, 6) is -1.61. The Labute approximate surface area is 186 Å². The van der Waals surface area contributed by atoms with Gasteiger partial charge in [0.25, 0.3) is 10.1 Å². The second-order valence-electron chi connectivity index (χ2n) is 6.06. The van der Waals surface area contributed by atoms with Gasteiger partial charge in [-0.15, -0.1) is 0 Å². The number of aromatic hydroxyl groups is 2. The lowest BCUT2D eigenvalue weighted by atomic mass is 9.83. The van der Waals surface area contributed by atoms with Crippen LogP contribution in [0.25, 0.3) is 0 Å². The van der Waals surface area contributed by atoms with E-state index in [1.165, 1.54) is 42.5 Å². The molecule has 0 bridgehead atoms. The SMILES string of the molecule is O=S(=O)(O)C(c1ccccc1)(c1cc(Cl)c(Cl)cc1Cl)c1ccc(Cl)c(O)c1O. The molecule has 3 N–H and O–H groups in total. The highest BCUT2D eigenvalue weighted by Gasteiger charge is 2.52. The van der Waals surface area contributed by atoms with Gasteiger partial charge in [-0.3, -0.25) is 4.55 Å². The van der Waals surface area contributed by atoms with E-state index in [9.17, 15) is 23.2 Å². The number of phenolic OH excluding ortho intramolecular Hbond substituents is 2. The lowest BCUT2D eigenvalue weighted by molar-refractivity contribution is 0.394. The Bertz CT molecular complexity index is 1190. The molecule has 0 aliphatic heterocycles. The number of hydrogen-bond donors (Lipinski definition) is 3. The summed E-state index contributed by atoms with van der Waals surface area (Å²) in [4.78, 5) is 0. The van der Waals surface area contributed by atoms with Crippen LogP contribution in [0.2, 0.25) is 20.1 Å². The maximum Gasteiger partial charge on any atom is 0.283 e. The van der Waals surface area contributed by atoms with Crippen molar-refractivity contribution in [2.75, 3.05) is 0 Å². The minimum Gasteiger partial charge on any atom is -0.504 e. The van der Waals surface area contributed by atoms with Crippen LogP contribution in [-0.2, 0) is 14.9 Å². The van der Waals surface area contributed by atoms with E-state index >= 15 is 0 Å². The van der Waals surface area contributed by atoms with Gasteiger partial charge in [0.15, 0.2) is 16.2 Å². The summed E-state index contributed by atoms with van der Waals surface area (Å²) in [6, 6.07) is 12.3. The van der Waals surface area contributed by atoms with Crippen molar-refractivity contribution in [3.8, 4) is 11.5 Å². The molecule has 3 rings (SSSR count). The number of phenols is 2. The molecule has 0 fully saturated rings. The van der Waals surface area contributed by atoms with Gasteiger partial charge in [-0.05, 0) is 23.8 Å². The van der Waals surface area contributed by atoms with Crippen LogP contribution in [0.1, 0.15) is 16.7 Å². The molecule has 0 spiro atoms. The van der Waals surface area contributed by atoms with Crippen molar-refractivity contribution in [1.82, 2.24) is 0 Å². The number of hydrogen-bond acceptors (Lipinski definition) is 4. The van der Waals surface area contributed by atoms with Crippen LogP contribution in [0.4, 0.5) is 0 Å². The molecule has 0 aromatic heterocycles. The molecule has 5 nitrogen and oxygen atoms in total. The van der Waals surface area contributed by atoms with E-state index in [1.54, 1.807) is 6.07 Å². The smallest absolute Gasteiger partial charge is 0.283 e. The molecule has 29 heavy (non-hydrogen) atoms. The summed E-state index contributed by atoms with van der Waals surface area (Å²) in [5, 5.41) is 20.4. The second-order valence-corrected chi connectivity index (χ2v) is 9.25. The monoisotopic (exact) mass is 492 g/mol. The third-order valence-electron chi connectivity index (χ3n) is 4.44. The van der Waals surface area contributed by atoms with Crippen molar-refractivity contribution in [2.45, 2.75) is 4.75 Å². The maximum atomic E-state index is 12.9. The van der Waals surface area contributed by atoms with Crippen molar-refractivity contribution in [3.05, 3.63) is 91.4 Å². The Morgan fingerprint density at radius 3 is 1.86 bits per heavy atom. The Morgan fingerprint density at radius 1 is 0.690 bits per heavy atom. The zero-order valence-electron chi connectivity index (χ0n) is 14.3. The van der Waals surface area contributed by atoms with E-state index in [-0.39, 0.29) is 36.8 Å². The molecule has 3 aromatic carbocycles. The summed E-state index contributed by atoms with van der Waals surface area (Å²) in [6.07, 6.45) is 0. The van der Waals surface area contributed by atoms with Crippen molar-refractivity contribution in [3.63, 3.8) is 0 Å². The molecule has 10 heteroatoms. The molecule has 1 atom stereocenters. The Kier molecular flexibility index (Phi) is 5.98. The predicted molar refractivity (Wildman–Crippen MR) is 114 cm³/mol. The van der Waals surface area contributed by atoms with Crippen LogP contribution in [0, 0.1) is 0 Å². The lowest BCUT2D eigenvalue weighted by Gasteiger charge is -2.34. The van der Waals surface area contributed by atoms with Gasteiger partial charge >= 0.3 is 0 Å². The van der Waals surface area contributed by atoms with Crippen molar-refractivity contribution in [2.24, 2.45) is 0 Å². The first-order valence-electron chi connectivity index (χ1n) is 7.90. The third kappa shape index (κ3) is 3.54. The highest BCUT2D eigenvalue weighted by atomic mass is 35.5. The highest BCUT2D eigenvalue weighted by Crippen LogP contribution is 2.52. The van der Waals surface area contributed by atoms with Crippen LogP contribution in [0.5, 0.6) is 11.5 Å². The summed E-state index contributed by atoms with van der Waals surface area (Å²) in [6.45, 7) is 0. The quantitative estimate of drug-likeness (QED) is 0.182. The molecule has 0 amide bonds. The lowest BCUT2D eigenvalue weighted by Crippen LogP contribution is -2.38. The average molecular weight is 494 g/mol. The molecule has 0 radical (unpaired) electrons. The Balaban J connectivity index is 2.62. The van der Waals surface area contributed by atoms with Gasteiger partial charge in [-0.25, -0.2) is 0 Å². The largest absolute Gasteiger partial charge is 0.504 e. The minimum absolute atomic E-state index is 0.0276. The van der Waals surface area contributed by atoms with Crippen LogP contribution in [-0.4, -0.2) is 23.2 Å². The zero-order chi connectivity index (χ0) is 21.6. The fourth-order valence-electron chi connectivity index (χ4n) is 3.19. The van der Waals surface area contributed by atoms with Gasteiger partial charge in [-0.2, -0.15) is 8.42 Å². The average Bonchev–Trinajstić information content (AvgIpc) is 2.65. The van der Waals surface area contributed by atoms with Crippen molar-refractivity contribution >= 4 is 56.5 Å².